The summed E-state index contributed by atoms with van der Waals surface area (Å²) in [6, 6.07) is 72.2. The third-order valence-corrected chi connectivity index (χ3v) is 10.7. The van der Waals surface area contributed by atoms with Crippen molar-refractivity contribution >= 4 is 48.6 Å². The van der Waals surface area contributed by atoms with E-state index >= 15 is 0 Å². The Labute approximate surface area is 297 Å². The summed E-state index contributed by atoms with van der Waals surface area (Å²) in [6.07, 6.45) is 0. The number of rotatable bonds is 7. The van der Waals surface area contributed by atoms with Crippen LogP contribution in [0.25, 0.3) is 64.7 Å². The molecule has 0 bridgehead atoms. The lowest BCUT2D eigenvalue weighted by molar-refractivity contribution is 1.28. The fourth-order valence-electron chi connectivity index (χ4n) is 7.02. The minimum atomic E-state index is 1.11. The largest absolute Gasteiger partial charge is 0.311 e. The van der Waals surface area contributed by atoms with Gasteiger partial charge in [-0.2, -0.15) is 0 Å². The van der Waals surface area contributed by atoms with Gasteiger partial charge in [-0.1, -0.05) is 158 Å². The van der Waals surface area contributed by atoms with Crippen LogP contribution < -0.4 is 4.90 Å². The lowest BCUT2D eigenvalue weighted by Gasteiger charge is -2.26. The molecule has 2 heteroatoms. The molecule has 0 spiro atoms. The highest BCUT2D eigenvalue weighted by Gasteiger charge is 2.18. The Morgan fingerprint density at radius 3 is 1.34 bits per heavy atom. The van der Waals surface area contributed by atoms with Crippen LogP contribution in [0.1, 0.15) is 0 Å². The Bertz CT molecular complexity index is 2530. The molecule has 0 fully saturated rings. The van der Waals surface area contributed by atoms with Gasteiger partial charge in [0.25, 0.3) is 0 Å². The number of nitrogens with zero attached hydrogens (tertiary/aromatic N) is 1. The van der Waals surface area contributed by atoms with Gasteiger partial charge in [0, 0.05) is 42.8 Å². The van der Waals surface area contributed by atoms with Gasteiger partial charge in [-0.3, -0.25) is 0 Å². The van der Waals surface area contributed by atoms with Gasteiger partial charge in [0.2, 0.25) is 0 Å². The summed E-state index contributed by atoms with van der Waals surface area (Å²) in [5, 5.41) is 2.62. The molecule has 50 heavy (non-hydrogen) atoms. The maximum atomic E-state index is 2.33. The van der Waals surface area contributed by atoms with E-state index in [1.165, 1.54) is 64.7 Å². The number of benzene rings is 8. The molecule has 0 N–H and O–H groups in total. The van der Waals surface area contributed by atoms with Crippen molar-refractivity contribution in [2.75, 3.05) is 4.90 Å². The number of hydrogen-bond acceptors (Lipinski definition) is 2. The molecule has 9 rings (SSSR count). The van der Waals surface area contributed by atoms with Crippen molar-refractivity contribution in [2.24, 2.45) is 0 Å². The van der Waals surface area contributed by atoms with E-state index in [1.807, 2.05) is 11.3 Å². The predicted molar refractivity (Wildman–Crippen MR) is 216 cm³/mol. The van der Waals surface area contributed by atoms with Crippen molar-refractivity contribution in [1.82, 2.24) is 0 Å². The second-order valence-electron chi connectivity index (χ2n) is 12.5. The highest BCUT2D eigenvalue weighted by atomic mass is 32.1. The molecule has 0 atom stereocenters. The van der Waals surface area contributed by atoms with E-state index in [4.69, 9.17) is 0 Å². The normalized spacial score (nSPS) is 11.2. The van der Waals surface area contributed by atoms with Crippen LogP contribution in [0, 0.1) is 0 Å². The van der Waals surface area contributed by atoms with E-state index in [2.05, 4.69) is 205 Å². The van der Waals surface area contributed by atoms with E-state index in [0.717, 1.165) is 17.1 Å². The van der Waals surface area contributed by atoms with Crippen molar-refractivity contribution < 1.29 is 0 Å². The summed E-state index contributed by atoms with van der Waals surface area (Å²) >= 11 is 1.89. The number of thiophene rings is 1. The van der Waals surface area contributed by atoms with Crippen molar-refractivity contribution in [3.63, 3.8) is 0 Å². The van der Waals surface area contributed by atoms with Gasteiger partial charge in [-0.15, -0.1) is 11.3 Å². The van der Waals surface area contributed by atoms with Gasteiger partial charge in [-0.05, 0) is 81.4 Å². The molecule has 0 saturated heterocycles. The summed E-state index contributed by atoms with van der Waals surface area (Å²) in [4.78, 5) is 2.33. The van der Waals surface area contributed by atoms with Crippen LogP contribution in [0.3, 0.4) is 0 Å². The van der Waals surface area contributed by atoms with Gasteiger partial charge in [-0.25, -0.2) is 0 Å². The molecular weight excluding hydrogens is 623 g/mol. The number of para-hydroxylation sites is 1. The van der Waals surface area contributed by atoms with Crippen LogP contribution in [0.5, 0.6) is 0 Å². The molecular formula is C48H33NS. The van der Waals surface area contributed by atoms with Crippen molar-refractivity contribution in [2.45, 2.75) is 0 Å². The zero-order valence-electron chi connectivity index (χ0n) is 27.4. The first-order valence-corrected chi connectivity index (χ1v) is 17.8. The van der Waals surface area contributed by atoms with Crippen molar-refractivity contribution in [1.29, 1.82) is 0 Å². The lowest BCUT2D eigenvalue weighted by atomic mass is 9.91. The summed E-state index contributed by atoms with van der Waals surface area (Å²) in [5.74, 6) is 0. The van der Waals surface area contributed by atoms with Crippen LogP contribution in [-0.4, -0.2) is 0 Å². The van der Waals surface area contributed by atoms with Gasteiger partial charge >= 0.3 is 0 Å². The zero-order chi connectivity index (χ0) is 33.3. The molecule has 0 amide bonds. The summed E-state index contributed by atoms with van der Waals surface area (Å²) < 4.78 is 2.64. The Morgan fingerprint density at radius 2 is 0.740 bits per heavy atom. The van der Waals surface area contributed by atoms with Crippen LogP contribution in [0.15, 0.2) is 200 Å². The van der Waals surface area contributed by atoms with E-state index in [0.29, 0.717) is 0 Å². The maximum Gasteiger partial charge on any atom is 0.0462 e. The summed E-state index contributed by atoms with van der Waals surface area (Å²) in [5.41, 5.74) is 13.2. The first kappa shape index (κ1) is 29.9. The smallest absolute Gasteiger partial charge is 0.0462 e. The Hall–Kier alpha value is -6.22. The average molecular weight is 656 g/mol. The van der Waals surface area contributed by atoms with Crippen molar-refractivity contribution in [3.8, 4) is 44.5 Å². The van der Waals surface area contributed by atoms with E-state index < -0.39 is 0 Å². The fraction of sp³-hybridized carbons (Fsp3) is 0. The zero-order valence-corrected chi connectivity index (χ0v) is 28.2. The molecule has 0 aliphatic carbocycles. The SMILES string of the molecule is c1ccc(-c2ccc(-c3c(-c4ccc(N(c5ccccc5)c5ccc(-c6ccccc6)cc5)cc4)ccc4c3sc3ccccc34)cc2)cc1. The van der Waals surface area contributed by atoms with Crippen LogP contribution >= 0.6 is 11.3 Å². The van der Waals surface area contributed by atoms with Gasteiger partial charge in [0.05, 0.1) is 0 Å². The highest BCUT2D eigenvalue weighted by molar-refractivity contribution is 7.26. The molecule has 0 aliphatic rings. The van der Waals surface area contributed by atoms with Crippen LogP contribution in [0.2, 0.25) is 0 Å². The number of anilines is 3. The minimum Gasteiger partial charge on any atom is -0.311 e. The van der Waals surface area contributed by atoms with E-state index in [1.54, 1.807) is 0 Å². The molecule has 1 nitrogen and oxygen atoms in total. The average Bonchev–Trinajstić information content (AvgIpc) is 3.58. The third kappa shape index (κ3) is 5.56. The van der Waals surface area contributed by atoms with Gasteiger partial charge in [0.15, 0.2) is 0 Å². The minimum absolute atomic E-state index is 1.11. The molecule has 0 aliphatic heterocycles. The molecule has 0 radical (unpaired) electrons. The lowest BCUT2D eigenvalue weighted by Crippen LogP contribution is -2.09. The van der Waals surface area contributed by atoms with E-state index in [-0.39, 0.29) is 0 Å². The third-order valence-electron chi connectivity index (χ3n) is 9.51. The Kier molecular flexibility index (Phi) is 7.77. The second kappa shape index (κ2) is 13.0. The second-order valence-corrected chi connectivity index (χ2v) is 13.6. The first-order valence-electron chi connectivity index (χ1n) is 17.0. The standard InChI is InChI=1S/C48H33NS/c1-4-12-34(13-5-1)36-20-22-39(23-21-36)47-43(32-33-45-44-18-10-11-19-46(44)50-48(45)47)38-26-30-42(31-27-38)49(40-16-8-3-9-17-40)41-28-24-37(25-29-41)35-14-6-2-7-15-35/h1-33H. The fourth-order valence-corrected chi connectivity index (χ4v) is 8.30. The number of hydrogen-bond donors (Lipinski definition) is 0. The molecule has 0 unspecified atom stereocenters. The predicted octanol–water partition coefficient (Wildman–Crippen LogP) is 14.2. The molecule has 1 heterocycles. The molecule has 1 aromatic heterocycles. The topological polar surface area (TPSA) is 3.24 Å². The maximum absolute atomic E-state index is 2.33. The highest BCUT2D eigenvalue weighted by Crippen LogP contribution is 2.46. The number of fused-ring (bicyclic) bond motifs is 3. The summed E-state index contributed by atoms with van der Waals surface area (Å²) in [7, 11) is 0. The molecule has 0 saturated carbocycles. The Morgan fingerprint density at radius 1 is 0.300 bits per heavy atom. The monoisotopic (exact) mass is 655 g/mol. The molecule has 8 aromatic carbocycles. The first-order chi connectivity index (χ1) is 24.8. The summed E-state index contributed by atoms with van der Waals surface area (Å²) in [6.45, 7) is 0. The van der Waals surface area contributed by atoms with Gasteiger partial charge in [0.1, 0.15) is 0 Å². The van der Waals surface area contributed by atoms with Crippen LogP contribution in [-0.2, 0) is 0 Å². The molecule has 236 valence electrons. The quantitative estimate of drug-likeness (QED) is 0.165. The molecule has 9 aromatic rings. The van der Waals surface area contributed by atoms with Crippen molar-refractivity contribution in [3.05, 3.63) is 200 Å². The Balaban J connectivity index is 1.14. The van der Waals surface area contributed by atoms with E-state index in [9.17, 15) is 0 Å². The van der Waals surface area contributed by atoms with Gasteiger partial charge < -0.3 is 4.90 Å². The van der Waals surface area contributed by atoms with Crippen LogP contribution in [0.4, 0.5) is 17.1 Å².